The predicted octanol–water partition coefficient (Wildman–Crippen LogP) is 1.96. The molecule has 1 aliphatic heterocycles. The maximum atomic E-state index is 5.77. The second kappa shape index (κ2) is 4.89. The van der Waals surface area contributed by atoms with Crippen molar-refractivity contribution in [1.29, 1.82) is 0 Å². The van der Waals surface area contributed by atoms with E-state index in [0.717, 1.165) is 13.2 Å². The molecule has 0 spiro atoms. The first-order valence-electron chi connectivity index (χ1n) is 7.26. The van der Waals surface area contributed by atoms with Gasteiger partial charge in [0.05, 0.1) is 39.6 Å². The van der Waals surface area contributed by atoms with Crippen molar-refractivity contribution in [2.24, 2.45) is 23.7 Å². The molecule has 0 amide bonds. The van der Waals surface area contributed by atoms with Crippen molar-refractivity contribution >= 4 is 0 Å². The quantitative estimate of drug-likeness (QED) is 0.623. The topological polar surface area (TPSA) is 27.7 Å². The third kappa shape index (κ3) is 2.20. The molecule has 0 aromatic rings. The van der Waals surface area contributed by atoms with Crippen LogP contribution < -0.4 is 0 Å². The highest BCUT2D eigenvalue weighted by Crippen LogP contribution is 2.57. The first-order valence-corrected chi connectivity index (χ1v) is 7.26. The lowest BCUT2D eigenvalue weighted by atomic mass is 9.98. The molecule has 0 aromatic carbocycles. The molecule has 0 saturated heterocycles. The van der Waals surface area contributed by atoms with Crippen LogP contribution in [0.3, 0.4) is 0 Å². The summed E-state index contributed by atoms with van der Waals surface area (Å²) in [6.07, 6.45) is 9.61. The highest BCUT2D eigenvalue weighted by atomic mass is 16.5. The molecule has 1 unspecified atom stereocenters. The Labute approximate surface area is 113 Å². The van der Waals surface area contributed by atoms with Crippen molar-refractivity contribution in [2.45, 2.75) is 0 Å². The maximum Gasteiger partial charge on any atom is 0.0704 e. The maximum absolute atomic E-state index is 5.77. The zero-order valence-electron chi connectivity index (χ0n) is 11.1. The molecule has 0 radical (unpaired) electrons. The van der Waals surface area contributed by atoms with Gasteiger partial charge in [0.15, 0.2) is 0 Å². The number of rotatable bonds is 0. The summed E-state index contributed by atoms with van der Waals surface area (Å²) in [6, 6.07) is 0. The van der Waals surface area contributed by atoms with Gasteiger partial charge in [0.25, 0.3) is 0 Å². The summed E-state index contributed by atoms with van der Waals surface area (Å²) in [7, 11) is 0. The number of ether oxygens (including phenoxy) is 3. The highest BCUT2D eigenvalue weighted by molar-refractivity contribution is 5.41. The van der Waals surface area contributed by atoms with E-state index in [4.69, 9.17) is 14.2 Å². The minimum atomic E-state index is 0.417. The van der Waals surface area contributed by atoms with E-state index >= 15 is 0 Å². The van der Waals surface area contributed by atoms with E-state index < -0.39 is 0 Å². The SMILES string of the molecule is C1=C[C@@H]2C3C=C4COCCOCCOCC(=C[C@@H]14)[C@H]32. The average molecular weight is 260 g/mol. The van der Waals surface area contributed by atoms with Gasteiger partial charge in [-0.1, -0.05) is 24.3 Å². The smallest absolute Gasteiger partial charge is 0.0704 e. The van der Waals surface area contributed by atoms with Gasteiger partial charge in [-0.25, -0.2) is 0 Å². The molecular weight excluding hydrogens is 240 g/mol. The zero-order chi connectivity index (χ0) is 12.7. The van der Waals surface area contributed by atoms with Crippen LogP contribution in [0.15, 0.2) is 35.5 Å². The Morgan fingerprint density at radius 1 is 0.737 bits per heavy atom. The Bertz CT molecular complexity index is 449. The van der Waals surface area contributed by atoms with Crippen molar-refractivity contribution in [2.75, 3.05) is 39.6 Å². The molecule has 19 heavy (non-hydrogen) atoms. The van der Waals surface area contributed by atoms with Crippen LogP contribution in [0.4, 0.5) is 0 Å². The summed E-state index contributed by atoms with van der Waals surface area (Å²) in [4.78, 5) is 0. The summed E-state index contributed by atoms with van der Waals surface area (Å²) in [5.74, 6) is 2.50. The number of hydrogen-bond acceptors (Lipinski definition) is 3. The van der Waals surface area contributed by atoms with E-state index in [0.29, 0.717) is 50.1 Å². The third-order valence-electron chi connectivity index (χ3n) is 4.61. The first-order chi connectivity index (χ1) is 9.43. The molecule has 3 heteroatoms. The molecule has 4 aliphatic carbocycles. The van der Waals surface area contributed by atoms with Crippen LogP contribution in [0.5, 0.6) is 0 Å². The van der Waals surface area contributed by atoms with E-state index in [9.17, 15) is 0 Å². The van der Waals surface area contributed by atoms with Gasteiger partial charge in [0.2, 0.25) is 0 Å². The molecular formula is C16H20O3. The van der Waals surface area contributed by atoms with E-state index in [2.05, 4.69) is 24.3 Å². The average Bonchev–Trinajstić information content (AvgIpc) is 3.14. The second-order valence-corrected chi connectivity index (χ2v) is 5.79. The fraction of sp³-hybridized carbons (Fsp3) is 0.625. The van der Waals surface area contributed by atoms with Gasteiger partial charge in [0, 0.05) is 5.92 Å². The predicted molar refractivity (Wildman–Crippen MR) is 71.7 cm³/mol. The van der Waals surface area contributed by atoms with Gasteiger partial charge in [-0.05, 0) is 28.9 Å². The first kappa shape index (κ1) is 11.9. The van der Waals surface area contributed by atoms with Crippen molar-refractivity contribution in [3.63, 3.8) is 0 Å². The largest absolute Gasteiger partial charge is 0.377 e. The number of allylic oxidation sites excluding steroid dienone is 4. The molecule has 3 nitrogen and oxygen atoms in total. The second-order valence-electron chi connectivity index (χ2n) is 5.79. The van der Waals surface area contributed by atoms with Crippen LogP contribution in [0.2, 0.25) is 0 Å². The molecule has 0 N–H and O–H groups in total. The molecule has 0 aromatic heterocycles. The van der Waals surface area contributed by atoms with Crippen LogP contribution in [-0.4, -0.2) is 39.6 Å². The lowest BCUT2D eigenvalue weighted by molar-refractivity contribution is 0.0224. The highest BCUT2D eigenvalue weighted by Gasteiger charge is 2.51. The molecule has 1 fully saturated rings. The van der Waals surface area contributed by atoms with Crippen LogP contribution in [0.25, 0.3) is 0 Å². The van der Waals surface area contributed by atoms with Crippen molar-refractivity contribution in [3.8, 4) is 0 Å². The Kier molecular flexibility index (Phi) is 3.06. The number of hydrogen-bond donors (Lipinski definition) is 0. The lowest BCUT2D eigenvalue weighted by Gasteiger charge is -2.13. The minimum absolute atomic E-state index is 0.417. The molecule has 102 valence electrons. The third-order valence-corrected chi connectivity index (χ3v) is 4.61. The fourth-order valence-corrected chi connectivity index (χ4v) is 3.56. The van der Waals surface area contributed by atoms with Gasteiger partial charge < -0.3 is 14.2 Å². The van der Waals surface area contributed by atoms with Gasteiger partial charge in [-0.15, -0.1) is 0 Å². The standard InChI is InChI=1S/C16H20O3/c1-2-14-15-8-12-9-18-5-3-17-4-6-19-10-13(16(14)15)7-11(1)12/h1-2,7-8,11,14-16H,3-6,9-10H2/t11-,14-,15?,16+/m1/s1. The van der Waals surface area contributed by atoms with Crippen molar-refractivity contribution in [1.82, 2.24) is 0 Å². The minimum Gasteiger partial charge on any atom is -0.377 e. The summed E-state index contributed by atoms with van der Waals surface area (Å²) in [5.41, 5.74) is 2.90. The monoisotopic (exact) mass is 260 g/mol. The van der Waals surface area contributed by atoms with Crippen LogP contribution >= 0.6 is 0 Å². The molecule has 1 saturated carbocycles. The van der Waals surface area contributed by atoms with Gasteiger partial charge in [0.1, 0.15) is 0 Å². The van der Waals surface area contributed by atoms with E-state index in [1.807, 2.05) is 0 Å². The summed E-state index contributed by atoms with van der Waals surface area (Å²) >= 11 is 0. The summed E-state index contributed by atoms with van der Waals surface area (Å²) < 4.78 is 17.0. The van der Waals surface area contributed by atoms with Crippen LogP contribution in [-0.2, 0) is 14.2 Å². The van der Waals surface area contributed by atoms with Gasteiger partial charge >= 0.3 is 0 Å². The van der Waals surface area contributed by atoms with E-state index in [1.54, 1.807) is 0 Å². The Morgan fingerprint density at radius 2 is 1.47 bits per heavy atom. The summed E-state index contributed by atoms with van der Waals surface area (Å²) in [5, 5.41) is 0. The van der Waals surface area contributed by atoms with E-state index in [-0.39, 0.29) is 0 Å². The van der Waals surface area contributed by atoms with Crippen LogP contribution in [0, 0.1) is 23.7 Å². The normalized spacial score (nSPS) is 41.3. The Balaban J connectivity index is 1.60. The summed E-state index contributed by atoms with van der Waals surface area (Å²) in [6.45, 7) is 4.17. The Morgan fingerprint density at radius 3 is 2.32 bits per heavy atom. The molecule has 5 aliphatic rings. The van der Waals surface area contributed by atoms with Crippen molar-refractivity contribution in [3.05, 3.63) is 35.5 Å². The van der Waals surface area contributed by atoms with Gasteiger partial charge in [-0.3, -0.25) is 0 Å². The lowest BCUT2D eigenvalue weighted by Crippen LogP contribution is -2.12. The van der Waals surface area contributed by atoms with E-state index in [1.165, 1.54) is 11.1 Å². The Hall–Kier alpha value is -0.900. The van der Waals surface area contributed by atoms with Gasteiger partial charge in [-0.2, -0.15) is 0 Å². The zero-order valence-corrected chi connectivity index (χ0v) is 11.1. The van der Waals surface area contributed by atoms with Crippen LogP contribution in [0.1, 0.15) is 0 Å². The fourth-order valence-electron chi connectivity index (χ4n) is 3.56. The molecule has 5 rings (SSSR count). The van der Waals surface area contributed by atoms with Crippen molar-refractivity contribution < 1.29 is 14.2 Å². The molecule has 4 atom stereocenters. The molecule has 1 heterocycles. The molecule has 6 bridgehead atoms.